The lowest BCUT2D eigenvalue weighted by molar-refractivity contribution is -0.162. The van der Waals surface area contributed by atoms with E-state index in [0.29, 0.717) is 26.1 Å². The molecule has 4 nitrogen and oxygen atoms in total. The Morgan fingerprint density at radius 2 is 2.42 bits per heavy atom. The van der Waals surface area contributed by atoms with Crippen molar-refractivity contribution >= 4 is 18.4 Å². The van der Waals surface area contributed by atoms with Gasteiger partial charge in [-0.25, -0.2) is 4.79 Å². The largest absolute Gasteiger partial charge is 0.464 e. The molecule has 0 saturated carbocycles. The zero-order chi connectivity index (χ0) is 8.32. The lowest BCUT2D eigenvalue weighted by Gasteiger charge is -2.17. The van der Waals surface area contributed by atoms with Gasteiger partial charge in [0, 0.05) is 13.0 Å². The summed E-state index contributed by atoms with van der Waals surface area (Å²) in [5.41, 5.74) is -1.27. The van der Waals surface area contributed by atoms with Crippen LogP contribution in [-0.4, -0.2) is 36.4 Å². The van der Waals surface area contributed by atoms with Crippen molar-refractivity contribution in [1.29, 1.82) is 0 Å². The van der Waals surface area contributed by atoms with Crippen molar-refractivity contribution in [3.63, 3.8) is 0 Å². The van der Waals surface area contributed by atoms with Crippen LogP contribution >= 0.6 is 12.4 Å². The molecule has 0 aromatic heterocycles. The SMILES string of the molecule is CCOC(=O)C1(O)CCNC1.Cl. The van der Waals surface area contributed by atoms with Gasteiger partial charge >= 0.3 is 5.97 Å². The highest BCUT2D eigenvalue weighted by Gasteiger charge is 2.40. The lowest BCUT2D eigenvalue weighted by atomic mass is 10.0. The number of nitrogens with one attached hydrogen (secondary N) is 1. The summed E-state index contributed by atoms with van der Waals surface area (Å²) in [6.07, 6.45) is 0.450. The molecule has 1 rings (SSSR count). The van der Waals surface area contributed by atoms with Crippen LogP contribution in [0.25, 0.3) is 0 Å². The van der Waals surface area contributed by atoms with E-state index in [1.807, 2.05) is 0 Å². The molecule has 0 radical (unpaired) electrons. The molecular formula is C7H14ClNO3. The number of esters is 1. The number of hydrogen-bond donors (Lipinski definition) is 2. The monoisotopic (exact) mass is 195 g/mol. The number of rotatable bonds is 2. The smallest absolute Gasteiger partial charge is 0.339 e. The third kappa shape index (κ3) is 2.33. The van der Waals surface area contributed by atoms with Crippen molar-refractivity contribution in [3.05, 3.63) is 0 Å². The molecule has 0 spiro atoms. The molecule has 1 fully saturated rings. The highest BCUT2D eigenvalue weighted by Crippen LogP contribution is 2.15. The van der Waals surface area contributed by atoms with Gasteiger partial charge in [0.2, 0.25) is 0 Å². The van der Waals surface area contributed by atoms with Crippen molar-refractivity contribution in [2.45, 2.75) is 18.9 Å². The maximum atomic E-state index is 11.1. The predicted octanol–water partition coefficient (Wildman–Crippen LogP) is -0.304. The quantitative estimate of drug-likeness (QED) is 0.594. The highest BCUT2D eigenvalue weighted by atomic mass is 35.5. The van der Waals surface area contributed by atoms with Gasteiger partial charge in [-0.3, -0.25) is 0 Å². The summed E-state index contributed by atoms with van der Waals surface area (Å²) in [6.45, 7) is 3.03. The molecule has 1 atom stereocenters. The summed E-state index contributed by atoms with van der Waals surface area (Å²) < 4.78 is 4.70. The zero-order valence-electron chi connectivity index (χ0n) is 7.00. The summed E-state index contributed by atoms with van der Waals surface area (Å²) in [7, 11) is 0. The van der Waals surface area contributed by atoms with E-state index in [0.717, 1.165) is 0 Å². The number of carbonyl (C=O) groups is 1. The number of aliphatic hydroxyl groups is 1. The summed E-state index contributed by atoms with van der Waals surface area (Å²) in [4.78, 5) is 11.1. The van der Waals surface area contributed by atoms with Gasteiger partial charge in [-0.15, -0.1) is 12.4 Å². The fourth-order valence-electron chi connectivity index (χ4n) is 1.12. The van der Waals surface area contributed by atoms with E-state index in [2.05, 4.69) is 5.32 Å². The molecule has 5 heteroatoms. The van der Waals surface area contributed by atoms with Crippen LogP contribution < -0.4 is 5.32 Å². The van der Waals surface area contributed by atoms with Crippen LogP contribution in [-0.2, 0) is 9.53 Å². The molecule has 1 heterocycles. The topological polar surface area (TPSA) is 58.6 Å². The van der Waals surface area contributed by atoms with Crippen LogP contribution in [0.2, 0.25) is 0 Å². The predicted molar refractivity (Wildman–Crippen MR) is 46.3 cm³/mol. The van der Waals surface area contributed by atoms with Gasteiger partial charge in [0.25, 0.3) is 0 Å². The molecule has 1 aliphatic heterocycles. The van der Waals surface area contributed by atoms with Gasteiger partial charge in [-0.1, -0.05) is 0 Å². The van der Waals surface area contributed by atoms with Crippen molar-refractivity contribution in [1.82, 2.24) is 5.32 Å². The second-order valence-corrected chi connectivity index (χ2v) is 2.68. The van der Waals surface area contributed by atoms with Gasteiger partial charge in [0.15, 0.2) is 5.60 Å². The van der Waals surface area contributed by atoms with Gasteiger partial charge in [-0.05, 0) is 13.5 Å². The van der Waals surface area contributed by atoms with Crippen LogP contribution in [0.5, 0.6) is 0 Å². The zero-order valence-corrected chi connectivity index (χ0v) is 7.82. The average molecular weight is 196 g/mol. The van der Waals surface area contributed by atoms with Crippen molar-refractivity contribution in [3.8, 4) is 0 Å². The molecule has 12 heavy (non-hydrogen) atoms. The first-order valence-corrected chi connectivity index (χ1v) is 3.79. The first kappa shape index (κ1) is 11.7. The molecule has 0 aliphatic carbocycles. The van der Waals surface area contributed by atoms with E-state index < -0.39 is 11.6 Å². The van der Waals surface area contributed by atoms with Gasteiger partial charge in [0.05, 0.1) is 6.61 Å². The van der Waals surface area contributed by atoms with Crippen molar-refractivity contribution in [2.75, 3.05) is 19.7 Å². The fourth-order valence-corrected chi connectivity index (χ4v) is 1.12. The molecule has 2 N–H and O–H groups in total. The third-order valence-electron chi connectivity index (χ3n) is 1.79. The van der Waals surface area contributed by atoms with Crippen LogP contribution in [0, 0.1) is 0 Å². The van der Waals surface area contributed by atoms with Gasteiger partial charge in [0.1, 0.15) is 0 Å². The van der Waals surface area contributed by atoms with Crippen LogP contribution in [0.15, 0.2) is 0 Å². The first-order chi connectivity index (χ1) is 5.19. The van der Waals surface area contributed by atoms with Crippen LogP contribution in [0.4, 0.5) is 0 Å². The molecule has 0 amide bonds. The fraction of sp³-hybridized carbons (Fsp3) is 0.857. The standard InChI is InChI=1S/C7H13NO3.ClH/c1-2-11-6(9)7(10)3-4-8-5-7;/h8,10H,2-5H2,1H3;1H. The van der Waals surface area contributed by atoms with Crippen LogP contribution in [0.3, 0.4) is 0 Å². The Kier molecular flexibility index (Phi) is 4.52. The minimum absolute atomic E-state index is 0. The minimum atomic E-state index is -1.27. The second kappa shape index (κ2) is 4.64. The van der Waals surface area contributed by atoms with Crippen molar-refractivity contribution in [2.24, 2.45) is 0 Å². The van der Waals surface area contributed by atoms with E-state index in [-0.39, 0.29) is 12.4 Å². The Morgan fingerprint density at radius 3 is 2.83 bits per heavy atom. The summed E-state index contributed by atoms with van der Waals surface area (Å²) in [5.74, 6) is -0.509. The molecule has 0 bridgehead atoms. The number of ether oxygens (including phenoxy) is 1. The Hall–Kier alpha value is -0.320. The molecule has 1 aliphatic rings. The van der Waals surface area contributed by atoms with E-state index >= 15 is 0 Å². The Morgan fingerprint density at radius 1 is 1.75 bits per heavy atom. The Bertz CT molecular complexity index is 157. The summed E-state index contributed by atoms with van der Waals surface area (Å²) in [6, 6.07) is 0. The van der Waals surface area contributed by atoms with E-state index in [1.54, 1.807) is 6.92 Å². The molecule has 72 valence electrons. The first-order valence-electron chi connectivity index (χ1n) is 3.79. The molecule has 1 unspecified atom stereocenters. The normalized spacial score (nSPS) is 27.8. The molecular weight excluding hydrogens is 182 g/mol. The average Bonchev–Trinajstić information content (AvgIpc) is 2.38. The maximum Gasteiger partial charge on any atom is 0.339 e. The van der Waals surface area contributed by atoms with Gasteiger partial charge in [-0.2, -0.15) is 0 Å². The van der Waals surface area contributed by atoms with E-state index in [1.165, 1.54) is 0 Å². The molecule has 1 saturated heterocycles. The van der Waals surface area contributed by atoms with Crippen molar-refractivity contribution < 1.29 is 14.6 Å². The molecule has 0 aromatic rings. The number of halogens is 1. The summed E-state index contributed by atoms with van der Waals surface area (Å²) >= 11 is 0. The lowest BCUT2D eigenvalue weighted by Crippen LogP contribution is -2.41. The van der Waals surface area contributed by atoms with Crippen LogP contribution in [0.1, 0.15) is 13.3 Å². The second-order valence-electron chi connectivity index (χ2n) is 2.68. The molecule has 0 aromatic carbocycles. The Balaban J connectivity index is 0.00000121. The Labute approximate surface area is 77.7 Å². The summed E-state index contributed by atoms with van der Waals surface area (Å²) in [5, 5.41) is 12.5. The number of β-amino-alcohol motifs (C(OH)–C–C–N with tert-alkyl or cyclic N) is 1. The minimum Gasteiger partial charge on any atom is -0.464 e. The highest BCUT2D eigenvalue weighted by molar-refractivity contribution is 5.85. The number of carbonyl (C=O) groups excluding carboxylic acids is 1. The van der Waals surface area contributed by atoms with E-state index in [4.69, 9.17) is 4.74 Å². The number of hydrogen-bond acceptors (Lipinski definition) is 4. The van der Waals surface area contributed by atoms with Gasteiger partial charge < -0.3 is 15.2 Å². The van der Waals surface area contributed by atoms with E-state index in [9.17, 15) is 9.90 Å². The maximum absolute atomic E-state index is 11.1. The third-order valence-corrected chi connectivity index (χ3v) is 1.79.